The molecule has 3 aromatic rings. The van der Waals surface area contributed by atoms with Gasteiger partial charge in [0.25, 0.3) is 0 Å². The Bertz CT molecular complexity index is 895. The van der Waals surface area contributed by atoms with Gasteiger partial charge in [-0.25, -0.2) is 5.43 Å². The minimum Gasteiger partial charge on any atom is -0.292 e. The summed E-state index contributed by atoms with van der Waals surface area (Å²) in [5, 5.41) is 14.8. The highest BCUT2D eigenvalue weighted by molar-refractivity contribution is 7.18. The van der Waals surface area contributed by atoms with Crippen molar-refractivity contribution in [2.24, 2.45) is 5.10 Å². The second kappa shape index (κ2) is 7.88. The number of aromatic nitrogens is 3. The molecular formula is C16H12N6O2S. The van der Waals surface area contributed by atoms with Gasteiger partial charge in [0, 0.05) is 23.5 Å². The van der Waals surface area contributed by atoms with Gasteiger partial charge in [-0.1, -0.05) is 47.7 Å². The fourth-order valence-corrected chi connectivity index (χ4v) is 2.54. The first-order valence-electron chi connectivity index (χ1n) is 7.16. The van der Waals surface area contributed by atoms with Crippen LogP contribution in [0.15, 0.2) is 60.0 Å². The summed E-state index contributed by atoms with van der Waals surface area (Å²) in [6, 6.07) is 12.9. The maximum absolute atomic E-state index is 11.8. The molecule has 0 radical (unpaired) electrons. The molecule has 0 spiro atoms. The van der Waals surface area contributed by atoms with E-state index >= 15 is 0 Å². The molecule has 0 unspecified atom stereocenters. The number of benzene rings is 1. The SMILES string of the molecule is O=C(N/N=C\c1cccnc1)C(=O)Nc1nnc(-c2ccccc2)s1. The standard InChI is InChI=1S/C16H12N6O2S/c23-13(14(24)20-18-10-11-5-4-8-17-9-11)19-16-22-21-15(25-16)12-6-2-1-3-7-12/h1-10H,(H,20,24)(H,19,22,23)/b18-10-. The minimum atomic E-state index is -0.906. The first-order chi connectivity index (χ1) is 12.2. The summed E-state index contributed by atoms with van der Waals surface area (Å²) in [5.74, 6) is -1.78. The number of hydrogen-bond acceptors (Lipinski definition) is 7. The van der Waals surface area contributed by atoms with Crippen molar-refractivity contribution in [3.63, 3.8) is 0 Å². The van der Waals surface area contributed by atoms with Crippen LogP contribution in [0.3, 0.4) is 0 Å². The van der Waals surface area contributed by atoms with E-state index in [2.05, 4.69) is 31.0 Å². The summed E-state index contributed by atoms with van der Waals surface area (Å²) >= 11 is 1.17. The molecule has 0 saturated heterocycles. The van der Waals surface area contributed by atoms with Gasteiger partial charge in [0.1, 0.15) is 5.01 Å². The second-order valence-corrected chi connectivity index (χ2v) is 5.70. The zero-order chi connectivity index (χ0) is 17.5. The van der Waals surface area contributed by atoms with Crippen LogP contribution in [0.25, 0.3) is 10.6 Å². The van der Waals surface area contributed by atoms with Crippen molar-refractivity contribution in [3.8, 4) is 10.6 Å². The van der Waals surface area contributed by atoms with E-state index in [0.29, 0.717) is 10.6 Å². The highest BCUT2D eigenvalue weighted by atomic mass is 32.1. The van der Waals surface area contributed by atoms with E-state index in [1.165, 1.54) is 17.6 Å². The highest BCUT2D eigenvalue weighted by Gasteiger charge is 2.16. The number of hydrogen-bond donors (Lipinski definition) is 2. The zero-order valence-electron chi connectivity index (χ0n) is 12.8. The molecule has 124 valence electrons. The topological polar surface area (TPSA) is 109 Å². The minimum absolute atomic E-state index is 0.232. The summed E-state index contributed by atoms with van der Waals surface area (Å²) in [5.41, 5.74) is 3.71. The Morgan fingerprint density at radius 1 is 1.04 bits per heavy atom. The number of nitrogens with zero attached hydrogens (tertiary/aromatic N) is 4. The Labute approximate surface area is 146 Å². The molecule has 9 heteroatoms. The Balaban J connectivity index is 1.56. The average molecular weight is 352 g/mol. The smallest absolute Gasteiger partial charge is 0.292 e. The van der Waals surface area contributed by atoms with Crippen LogP contribution in [0, 0.1) is 0 Å². The van der Waals surface area contributed by atoms with Crippen LogP contribution in [0.4, 0.5) is 5.13 Å². The van der Waals surface area contributed by atoms with Crippen LogP contribution in [0.2, 0.25) is 0 Å². The molecular weight excluding hydrogens is 340 g/mol. The van der Waals surface area contributed by atoms with Gasteiger partial charge in [-0.2, -0.15) is 5.10 Å². The molecule has 0 saturated carbocycles. The average Bonchev–Trinajstić information content (AvgIpc) is 3.12. The number of amides is 2. The molecule has 0 aliphatic heterocycles. The summed E-state index contributed by atoms with van der Waals surface area (Å²) in [4.78, 5) is 27.5. The third kappa shape index (κ3) is 4.52. The molecule has 8 nitrogen and oxygen atoms in total. The summed E-state index contributed by atoms with van der Waals surface area (Å²) < 4.78 is 0. The van der Waals surface area contributed by atoms with Crippen molar-refractivity contribution in [2.75, 3.05) is 5.32 Å². The van der Waals surface area contributed by atoms with Crippen molar-refractivity contribution >= 4 is 34.5 Å². The number of nitrogens with one attached hydrogen (secondary N) is 2. The third-order valence-electron chi connectivity index (χ3n) is 2.94. The van der Waals surface area contributed by atoms with Gasteiger partial charge in [0.15, 0.2) is 0 Å². The molecule has 3 rings (SSSR count). The van der Waals surface area contributed by atoms with Crippen molar-refractivity contribution in [1.82, 2.24) is 20.6 Å². The summed E-state index contributed by atoms with van der Waals surface area (Å²) in [6.07, 6.45) is 4.58. The normalized spacial score (nSPS) is 10.6. The molecule has 25 heavy (non-hydrogen) atoms. The first-order valence-corrected chi connectivity index (χ1v) is 7.97. The lowest BCUT2D eigenvalue weighted by Crippen LogP contribution is -2.32. The van der Waals surface area contributed by atoms with Gasteiger partial charge in [0.2, 0.25) is 5.13 Å². The lowest BCUT2D eigenvalue weighted by molar-refractivity contribution is -0.136. The Kier molecular flexibility index (Phi) is 5.17. The fourth-order valence-electron chi connectivity index (χ4n) is 1.79. The van der Waals surface area contributed by atoms with Gasteiger partial charge >= 0.3 is 11.8 Å². The number of anilines is 1. The van der Waals surface area contributed by atoms with Gasteiger partial charge in [-0.05, 0) is 6.07 Å². The van der Waals surface area contributed by atoms with Gasteiger partial charge in [0.05, 0.1) is 6.21 Å². The molecule has 2 aromatic heterocycles. The van der Waals surface area contributed by atoms with Crippen LogP contribution in [-0.2, 0) is 9.59 Å². The molecule has 0 aliphatic rings. The van der Waals surface area contributed by atoms with Crippen LogP contribution in [-0.4, -0.2) is 33.2 Å². The van der Waals surface area contributed by atoms with Crippen molar-refractivity contribution in [2.45, 2.75) is 0 Å². The van der Waals surface area contributed by atoms with Crippen molar-refractivity contribution < 1.29 is 9.59 Å². The lowest BCUT2D eigenvalue weighted by atomic mass is 10.2. The highest BCUT2D eigenvalue weighted by Crippen LogP contribution is 2.25. The van der Waals surface area contributed by atoms with E-state index in [-0.39, 0.29) is 5.13 Å². The molecule has 0 bridgehead atoms. The largest absolute Gasteiger partial charge is 0.329 e. The van der Waals surface area contributed by atoms with Crippen LogP contribution >= 0.6 is 11.3 Å². The Morgan fingerprint density at radius 2 is 1.88 bits per heavy atom. The number of pyridine rings is 1. The van der Waals surface area contributed by atoms with E-state index in [9.17, 15) is 9.59 Å². The summed E-state index contributed by atoms with van der Waals surface area (Å²) in [7, 11) is 0. The van der Waals surface area contributed by atoms with E-state index in [4.69, 9.17) is 0 Å². The number of carbonyl (C=O) groups excluding carboxylic acids is 2. The first kappa shape index (κ1) is 16.4. The van der Waals surface area contributed by atoms with Crippen molar-refractivity contribution in [3.05, 3.63) is 60.4 Å². The maximum atomic E-state index is 11.8. The Morgan fingerprint density at radius 3 is 2.64 bits per heavy atom. The molecule has 0 fully saturated rings. The van der Waals surface area contributed by atoms with E-state index in [1.807, 2.05) is 30.3 Å². The van der Waals surface area contributed by atoms with Crippen LogP contribution in [0.1, 0.15) is 5.56 Å². The monoisotopic (exact) mass is 352 g/mol. The van der Waals surface area contributed by atoms with Crippen LogP contribution in [0.5, 0.6) is 0 Å². The Hall–Kier alpha value is -3.46. The summed E-state index contributed by atoms with van der Waals surface area (Å²) in [6.45, 7) is 0. The number of hydrazone groups is 1. The molecule has 2 N–H and O–H groups in total. The van der Waals surface area contributed by atoms with E-state index in [0.717, 1.165) is 5.56 Å². The number of carbonyl (C=O) groups is 2. The number of rotatable bonds is 4. The van der Waals surface area contributed by atoms with Gasteiger partial charge < -0.3 is 0 Å². The van der Waals surface area contributed by atoms with Gasteiger partial charge in [-0.15, -0.1) is 10.2 Å². The van der Waals surface area contributed by atoms with E-state index < -0.39 is 11.8 Å². The second-order valence-electron chi connectivity index (χ2n) is 4.72. The molecule has 2 heterocycles. The van der Waals surface area contributed by atoms with Crippen molar-refractivity contribution in [1.29, 1.82) is 0 Å². The predicted molar refractivity (Wildman–Crippen MR) is 93.9 cm³/mol. The van der Waals surface area contributed by atoms with Gasteiger partial charge in [-0.3, -0.25) is 19.9 Å². The predicted octanol–water partition coefficient (Wildman–Crippen LogP) is 1.69. The molecule has 2 amide bonds. The molecule has 0 aliphatic carbocycles. The quantitative estimate of drug-likeness (QED) is 0.422. The molecule has 0 atom stereocenters. The van der Waals surface area contributed by atoms with E-state index in [1.54, 1.807) is 24.5 Å². The fraction of sp³-hybridized carbons (Fsp3) is 0. The van der Waals surface area contributed by atoms with Crippen LogP contribution < -0.4 is 10.7 Å². The third-order valence-corrected chi connectivity index (χ3v) is 3.82. The lowest BCUT2D eigenvalue weighted by Gasteiger charge is -1.99. The maximum Gasteiger partial charge on any atom is 0.329 e. The molecule has 1 aromatic carbocycles. The zero-order valence-corrected chi connectivity index (χ0v) is 13.6.